The van der Waals surface area contributed by atoms with Gasteiger partial charge in [0.2, 0.25) is 5.91 Å². The molecule has 1 unspecified atom stereocenters. The average Bonchev–Trinajstić information content (AvgIpc) is 3.29. The summed E-state index contributed by atoms with van der Waals surface area (Å²) in [4.78, 5) is 29.4. The van der Waals surface area contributed by atoms with Crippen LogP contribution in [-0.4, -0.2) is 73.4 Å². The molecule has 34 heavy (non-hydrogen) atoms. The van der Waals surface area contributed by atoms with E-state index in [0.717, 1.165) is 29.7 Å². The highest BCUT2D eigenvalue weighted by atomic mass is 16.5. The number of aliphatic hydroxyl groups is 1. The normalized spacial score (nSPS) is 20.7. The van der Waals surface area contributed by atoms with E-state index < -0.39 is 6.09 Å². The quantitative estimate of drug-likeness (QED) is 0.651. The van der Waals surface area contributed by atoms with E-state index >= 15 is 0 Å². The first-order valence-electron chi connectivity index (χ1n) is 11.8. The summed E-state index contributed by atoms with van der Waals surface area (Å²) in [6.45, 7) is 2.90. The summed E-state index contributed by atoms with van der Waals surface area (Å²) < 4.78 is 10.5. The minimum Gasteiger partial charge on any atom is -0.493 e. The molecule has 1 saturated heterocycles. The topological polar surface area (TPSA) is 91.3 Å². The van der Waals surface area contributed by atoms with E-state index in [1.807, 2.05) is 48.3 Å². The number of alkyl carbamates (subject to hydrolysis) is 1. The van der Waals surface area contributed by atoms with Gasteiger partial charge in [0.05, 0.1) is 31.8 Å². The molecule has 2 heterocycles. The highest BCUT2D eigenvalue weighted by Gasteiger charge is 2.34. The molecule has 1 fully saturated rings. The van der Waals surface area contributed by atoms with E-state index in [1.165, 1.54) is 7.11 Å². The number of fused-ring (bicyclic) bond motifs is 1. The van der Waals surface area contributed by atoms with Crippen LogP contribution in [-0.2, 0) is 16.1 Å². The zero-order chi connectivity index (χ0) is 24.1. The fraction of sp³-hybridized carbons (Fsp3) is 0.462. The highest BCUT2D eigenvalue weighted by molar-refractivity contribution is 5.85. The summed E-state index contributed by atoms with van der Waals surface area (Å²) in [5, 5.41) is 12.7. The van der Waals surface area contributed by atoms with Crippen LogP contribution in [0, 0.1) is 0 Å². The third-order valence-corrected chi connectivity index (χ3v) is 6.71. The predicted octanol–water partition coefficient (Wildman–Crippen LogP) is 2.68. The summed E-state index contributed by atoms with van der Waals surface area (Å²) in [5.74, 6) is 0.414. The van der Waals surface area contributed by atoms with Crippen molar-refractivity contribution in [2.75, 3.05) is 40.4 Å². The summed E-state index contributed by atoms with van der Waals surface area (Å²) in [5.41, 5.74) is 2.79. The first-order valence-corrected chi connectivity index (χ1v) is 11.8. The summed E-state index contributed by atoms with van der Waals surface area (Å²) in [6, 6.07) is 15.6. The molecule has 3 atom stereocenters. The molecule has 2 aromatic rings. The van der Waals surface area contributed by atoms with Gasteiger partial charge in [0, 0.05) is 38.8 Å². The standard InChI is InChI=1S/C26H33N3O5/c1-28(23(19-6-4-3-5-7-19)17-29-12-10-20(30)16-29)25(31)21-11-13-34-24-9-8-18(14-22(21)24)15-27-26(32)33-2/h3-9,14,20-21,23,30H,10-13,15-17H2,1-2H3,(H,27,32)/t20-,21?,23+/m0/s1. The van der Waals surface area contributed by atoms with Crippen molar-refractivity contribution >= 4 is 12.0 Å². The predicted molar refractivity (Wildman–Crippen MR) is 128 cm³/mol. The third-order valence-electron chi connectivity index (χ3n) is 6.71. The van der Waals surface area contributed by atoms with Crippen molar-refractivity contribution < 1.29 is 24.2 Å². The van der Waals surface area contributed by atoms with Gasteiger partial charge in [-0.25, -0.2) is 4.79 Å². The molecule has 0 aliphatic carbocycles. The van der Waals surface area contributed by atoms with Crippen LogP contribution in [0.1, 0.15) is 41.5 Å². The number of aliphatic hydroxyl groups excluding tert-OH is 1. The monoisotopic (exact) mass is 467 g/mol. The number of rotatable bonds is 7. The number of ether oxygens (including phenoxy) is 2. The Morgan fingerprint density at radius 2 is 2.03 bits per heavy atom. The molecular weight excluding hydrogens is 434 g/mol. The maximum absolute atomic E-state index is 13.9. The van der Waals surface area contributed by atoms with E-state index in [1.54, 1.807) is 0 Å². The molecule has 4 rings (SSSR count). The summed E-state index contributed by atoms with van der Waals surface area (Å²) >= 11 is 0. The number of hydrogen-bond donors (Lipinski definition) is 2. The van der Waals surface area contributed by atoms with Crippen molar-refractivity contribution in [3.63, 3.8) is 0 Å². The molecule has 0 bridgehead atoms. The first kappa shape index (κ1) is 24.0. The van der Waals surface area contributed by atoms with Crippen molar-refractivity contribution in [2.45, 2.75) is 37.5 Å². The molecule has 2 amide bonds. The van der Waals surface area contributed by atoms with Crippen LogP contribution in [0.2, 0.25) is 0 Å². The van der Waals surface area contributed by atoms with Gasteiger partial charge < -0.3 is 24.8 Å². The first-order chi connectivity index (χ1) is 16.5. The molecule has 0 aromatic heterocycles. The second-order valence-electron chi connectivity index (χ2n) is 8.98. The number of β-amino-alcohol motifs (C(OH)–C–C–N with tert-alkyl or cyclic N) is 1. The van der Waals surface area contributed by atoms with E-state index in [9.17, 15) is 14.7 Å². The third kappa shape index (κ3) is 5.51. The second kappa shape index (κ2) is 10.9. The molecular formula is C26H33N3O5. The van der Waals surface area contributed by atoms with Crippen LogP contribution < -0.4 is 10.1 Å². The lowest BCUT2D eigenvalue weighted by atomic mass is 9.89. The van der Waals surface area contributed by atoms with Crippen molar-refractivity contribution in [1.82, 2.24) is 15.1 Å². The van der Waals surface area contributed by atoms with Crippen molar-refractivity contribution in [2.24, 2.45) is 0 Å². The number of carbonyl (C=O) groups is 2. The smallest absolute Gasteiger partial charge is 0.407 e. The maximum Gasteiger partial charge on any atom is 0.407 e. The number of carbonyl (C=O) groups excluding carboxylic acids is 2. The van der Waals surface area contributed by atoms with Gasteiger partial charge in [-0.15, -0.1) is 0 Å². The lowest BCUT2D eigenvalue weighted by Crippen LogP contribution is -2.41. The number of likely N-dealkylation sites (N-methyl/N-ethyl adjacent to an activating group) is 1. The number of amides is 2. The Bertz CT molecular complexity index is 999. The fourth-order valence-electron chi connectivity index (χ4n) is 4.81. The highest BCUT2D eigenvalue weighted by Crippen LogP contribution is 2.37. The number of nitrogens with zero attached hydrogens (tertiary/aromatic N) is 2. The van der Waals surface area contributed by atoms with E-state index in [0.29, 0.717) is 38.4 Å². The Labute approximate surface area is 200 Å². The molecule has 0 saturated carbocycles. The Kier molecular flexibility index (Phi) is 7.70. The number of nitrogens with one attached hydrogen (secondary N) is 1. The zero-order valence-electron chi connectivity index (χ0n) is 19.8. The Hall–Kier alpha value is -3.10. The number of benzene rings is 2. The lowest BCUT2D eigenvalue weighted by molar-refractivity contribution is -0.134. The van der Waals surface area contributed by atoms with Crippen molar-refractivity contribution in [1.29, 1.82) is 0 Å². The van der Waals surface area contributed by atoms with Crippen molar-refractivity contribution in [3.8, 4) is 5.75 Å². The fourth-order valence-corrected chi connectivity index (χ4v) is 4.81. The van der Waals surface area contributed by atoms with Crippen LogP contribution >= 0.6 is 0 Å². The minimum atomic E-state index is -0.501. The lowest BCUT2D eigenvalue weighted by Gasteiger charge is -2.36. The summed E-state index contributed by atoms with van der Waals surface area (Å²) in [6.07, 6.45) is 0.541. The molecule has 8 nitrogen and oxygen atoms in total. The largest absolute Gasteiger partial charge is 0.493 e. The van der Waals surface area contributed by atoms with Gasteiger partial charge in [0.1, 0.15) is 5.75 Å². The van der Waals surface area contributed by atoms with Crippen LogP contribution in [0.4, 0.5) is 4.79 Å². The van der Waals surface area contributed by atoms with Gasteiger partial charge in [-0.1, -0.05) is 36.4 Å². The number of methoxy groups -OCH3 is 1. The minimum absolute atomic E-state index is 0.0382. The van der Waals surface area contributed by atoms with Crippen LogP contribution in [0.5, 0.6) is 5.75 Å². The van der Waals surface area contributed by atoms with E-state index in [2.05, 4.69) is 27.1 Å². The maximum atomic E-state index is 13.9. The molecule has 0 spiro atoms. The molecule has 0 radical (unpaired) electrons. The number of hydrogen-bond acceptors (Lipinski definition) is 6. The van der Waals surface area contributed by atoms with Crippen LogP contribution in [0.3, 0.4) is 0 Å². The Morgan fingerprint density at radius 3 is 2.74 bits per heavy atom. The van der Waals surface area contributed by atoms with Gasteiger partial charge in [-0.3, -0.25) is 9.69 Å². The second-order valence-corrected chi connectivity index (χ2v) is 8.98. The van der Waals surface area contributed by atoms with Gasteiger partial charge in [0.25, 0.3) is 0 Å². The van der Waals surface area contributed by atoms with Gasteiger partial charge in [-0.2, -0.15) is 0 Å². The van der Waals surface area contributed by atoms with Crippen molar-refractivity contribution in [3.05, 3.63) is 65.2 Å². The molecule has 2 N–H and O–H groups in total. The summed E-state index contributed by atoms with van der Waals surface area (Å²) in [7, 11) is 3.19. The zero-order valence-corrected chi connectivity index (χ0v) is 19.8. The van der Waals surface area contributed by atoms with Crippen LogP contribution in [0.25, 0.3) is 0 Å². The molecule has 2 aromatic carbocycles. The Morgan fingerprint density at radius 1 is 1.24 bits per heavy atom. The van der Waals surface area contributed by atoms with Gasteiger partial charge in [-0.05, 0) is 36.1 Å². The van der Waals surface area contributed by atoms with Gasteiger partial charge in [0.15, 0.2) is 0 Å². The Balaban J connectivity index is 1.56. The molecule has 2 aliphatic heterocycles. The van der Waals surface area contributed by atoms with E-state index in [-0.39, 0.29) is 24.0 Å². The van der Waals surface area contributed by atoms with E-state index in [4.69, 9.17) is 4.74 Å². The van der Waals surface area contributed by atoms with Gasteiger partial charge >= 0.3 is 6.09 Å². The molecule has 2 aliphatic rings. The molecule has 8 heteroatoms. The number of likely N-dealkylation sites (tertiary alicyclic amines) is 1. The average molecular weight is 468 g/mol. The van der Waals surface area contributed by atoms with Crippen LogP contribution in [0.15, 0.2) is 48.5 Å². The molecule has 182 valence electrons. The SMILES string of the molecule is COC(=O)NCc1ccc2c(c1)C(C(=O)N(C)[C@H](CN1CC[C@H](O)C1)c1ccccc1)CCO2.